The van der Waals surface area contributed by atoms with Gasteiger partial charge in [-0.15, -0.1) is 0 Å². The van der Waals surface area contributed by atoms with Crippen LogP contribution in [0.5, 0.6) is 0 Å². The van der Waals surface area contributed by atoms with E-state index in [-0.39, 0.29) is 11.8 Å². The fourth-order valence-corrected chi connectivity index (χ4v) is 1.58. The van der Waals surface area contributed by atoms with E-state index in [2.05, 4.69) is 5.32 Å². The number of rotatable bonds is 8. The van der Waals surface area contributed by atoms with Crippen molar-refractivity contribution in [1.29, 1.82) is 0 Å². The molecule has 1 amide bonds. The van der Waals surface area contributed by atoms with Crippen LogP contribution >= 0.6 is 12.2 Å². The number of hydrogen-bond acceptors (Lipinski definition) is 2. The Labute approximate surface area is 97.8 Å². The molecule has 15 heavy (non-hydrogen) atoms. The average molecular weight is 230 g/mol. The lowest BCUT2D eigenvalue weighted by molar-refractivity contribution is -0.125. The molecule has 0 unspecified atom stereocenters. The monoisotopic (exact) mass is 230 g/mol. The van der Waals surface area contributed by atoms with Gasteiger partial charge in [0.25, 0.3) is 0 Å². The highest BCUT2D eigenvalue weighted by molar-refractivity contribution is 7.80. The number of nitrogens with one attached hydrogen (secondary N) is 1. The second kappa shape index (κ2) is 8.65. The highest BCUT2D eigenvalue weighted by atomic mass is 32.1. The van der Waals surface area contributed by atoms with Crippen LogP contribution in [-0.2, 0) is 4.79 Å². The Balaban J connectivity index is 3.50. The van der Waals surface area contributed by atoms with Crippen molar-refractivity contribution >= 4 is 23.1 Å². The van der Waals surface area contributed by atoms with Gasteiger partial charge in [-0.3, -0.25) is 4.79 Å². The van der Waals surface area contributed by atoms with Crippen LogP contribution in [0.1, 0.15) is 46.0 Å². The van der Waals surface area contributed by atoms with E-state index in [0.717, 1.165) is 38.6 Å². The molecular formula is C11H22N2OS. The first kappa shape index (κ1) is 14.4. The molecule has 0 aromatic rings. The maximum atomic E-state index is 11.5. The molecule has 0 radical (unpaired) electrons. The lowest BCUT2D eigenvalue weighted by atomic mass is 10.0. The zero-order valence-corrected chi connectivity index (χ0v) is 10.5. The summed E-state index contributed by atoms with van der Waals surface area (Å²) in [6.07, 6.45) is 4.50. The van der Waals surface area contributed by atoms with Gasteiger partial charge in [0.05, 0.1) is 4.99 Å². The van der Waals surface area contributed by atoms with Gasteiger partial charge in [0.2, 0.25) is 5.91 Å². The van der Waals surface area contributed by atoms with Crippen LogP contribution in [0.3, 0.4) is 0 Å². The maximum absolute atomic E-state index is 11.5. The van der Waals surface area contributed by atoms with E-state index in [0.29, 0.717) is 4.99 Å². The molecule has 0 spiro atoms. The predicted octanol–water partition coefficient (Wildman–Crippen LogP) is 2.00. The van der Waals surface area contributed by atoms with Gasteiger partial charge >= 0.3 is 0 Å². The Morgan fingerprint density at radius 3 is 2.40 bits per heavy atom. The molecule has 0 rings (SSSR count). The van der Waals surface area contributed by atoms with E-state index < -0.39 is 0 Å². The van der Waals surface area contributed by atoms with E-state index in [1.807, 2.05) is 13.8 Å². The molecule has 88 valence electrons. The summed E-state index contributed by atoms with van der Waals surface area (Å²) in [4.78, 5) is 12.1. The summed E-state index contributed by atoms with van der Waals surface area (Å²) >= 11 is 4.77. The molecule has 0 aromatic heterocycles. The molecule has 0 heterocycles. The average Bonchev–Trinajstić information content (AvgIpc) is 2.18. The summed E-state index contributed by atoms with van der Waals surface area (Å²) in [5.41, 5.74) is 5.37. The van der Waals surface area contributed by atoms with Gasteiger partial charge in [-0.25, -0.2) is 0 Å². The number of amides is 1. The molecule has 3 nitrogen and oxygen atoms in total. The van der Waals surface area contributed by atoms with E-state index in [4.69, 9.17) is 18.0 Å². The first-order valence-corrected chi connectivity index (χ1v) is 6.08. The fraction of sp³-hybridized carbons (Fsp3) is 0.818. The van der Waals surface area contributed by atoms with Crippen molar-refractivity contribution in [3.05, 3.63) is 0 Å². The van der Waals surface area contributed by atoms with Crippen LogP contribution in [0.25, 0.3) is 0 Å². The molecule has 3 N–H and O–H groups in total. The van der Waals surface area contributed by atoms with Gasteiger partial charge < -0.3 is 11.1 Å². The van der Waals surface area contributed by atoms with Gasteiger partial charge in [0.15, 0.2) is 0 Å². The topological polar surface area (TPSA) is 55.1 Å². The van der Waals surface area contributed by atoms with Crippen molar-refractivity contribution in [3.63, 3.8) is 0 Å². The number of unbranched alkanes of at least 4 members (excludes halogenated alkanes) is 1. The second-order valence-corrected chi connectivity index (χ2v) is 4.25. The smallest absolute Gasteiger partial charge is 0.223 e. The number of carbonyl (C=O) groups is 1. The molecule has 0 saturated heterocycles. The van der Waals surface area contributed by atoms with E-state index in [1.165, 1.54) is 0 Å². The molecule has 0 atom stereocenters. The Hall–Kier alpha value is -0.640. The van der Waals surface area contributed by atoms with Crippen LogP contribution in [0.2, 0.25) is 0 Å². The predicted molar refractivity (Wildman–Crippen MR) is 67.7 cm³/mol. The Kier molecular flexibility index (Phi) is 8.28. The van der Waals surface area contributed by atoms with Crippen molar-refractivity contribution in [2.75, 3.05) is 6.54 Å². The minimum Gasteiger partial charge on any atom is -0.393 e. The number of nitrogens with two attached hydrogens (primary N) is 1. The molecule has 0 aliphatic rings. The van der Waals surface area contributed by atoms with Gasteiger partial charge in [0, 0.05) is 12.5 Å². The normalized spacial score (nSPS) is 10.3. The number of thiocarbonyl (C=S) groups is 1. The molecule has 0 saturated carbocycles. The third kappa shape index (κ3) is 7.31. The standard InChI is InChI=1S/C11H22N2OS/c1-3-9(4-2)11(14)13-8-6-5-7-10(12)15/h9H,3-8H2,1-2H3,(H2,12,15)(H,13,14). The van der Waals surface area contributed by atoms with Crippen molar-refractivity contribution < 1.29 is 4.79 Å². The molecule has 0 bridgehead atoms. The maximum Gasteiger partial charge on any atom is 0.223 e. The van der Waals surface area contributed by atoms with Gasteiger partial charge in [-0.05, 0) is 32.1 Å². The highest BCUT2D eigenvalue weighted by Crippen LogP contribution is 2.06. The molecule has 4 heteroatoms. The van der Waals surface area contributed by atoms with E-state index in [1.54, 1.807) is 0 Å². The third-order valence-corrected chi connectivity index (χ3v) is 2.71. The Bertz CT molecular complexity index is 203. The molecule has 0 aliphatic carbocycles. The van der Waals surface area contributed by atoms with Crippen molar-refractivity contribution in [3.8, 4) is 0 Å². The van der Waals surface area contributed by atoms with Crippen LogP contribution in [0.15, 0.2) is 0 Å². The number of carbonyl (C=O) groups excluding carboxylic acids is 1. The third-order valence-electron chi connectivity index (χ3n) is 2.51. The molecule has 0 aromatic carbocycles. The summed E-state index contributed by atoms with van der Waals surface area (Å²) in [5.74, 6) is 0.343. The lowest BCUT2D eigenvalue weighted by Crippen LogP contribution is -2.30. The first-order chi connectivity index (χ1) is 7.11. The highest BCUT2D eigenvalue weighted by Gasteiger charge is 2.12. The molecule has 0 fully saturated rings. The Morgan fingerprint density at radius 2 is 1.93 bits per heavy atom. The lowest BCUT2D eigenvalue weighted by Gasteiger charge is -2.12. The quantitative estimate of drug-likeness (QED) is 0.495. The summed E-state index contributed by atoms with van der Waals surface area (Å²) in [6, 6.07) is 0. The largest absolute Gasteiger partial charge is 0.393 e. The molecule has 0 aliphatic heterocycles. The zero-order valence-electron chi connectivity index (χ0n) is 9.71. The fourth-order valence-electron chi connectivity index (χ4n) is 1.44. The van der Waals surface area contributed by atoms with Crippen LogP contribution in [-0.4, -0.2) is 17.4 Å². The summed E-state index contributed by atoms with van der Waals surface area (Å²) in [5, 5.41) is 2.94. The second-order valence-electron chi connectivity index (χ2n) is 3.73. The zero-order chi connectivity index (χ0) is 11.7. The van der Waals surface area contributed by atoms with E-state index in [9.17, 15) is 4.79 Å². The van der Waals surface area contributed by atoms with Gasteiger partial charge in [-0.1, -0.05) is 26.1 Å². The molecular weight excluding hydrogens is 208 g/mol. The minimum absolute atomic E-state index is 0.167. The van der Waals surface area contributed by atoms with Crippen molar-refractivity contribution in [2.24, 2.45) is 11.7 Å². The van der Waals surface area contributed by atoms with E-state index >= 15 is 0 Å². The van der Waals surface area contributed by atoms with Crippen LogP contribution < -0.4 is 11.1 Å². The minimum atomic E-state index is 0.167. The van der Waals surface area contributed by atoms with Gasteiger partial charge in [0.1, 0.15) is 0 Å². The van der Waals surface area contributed by atoms with Crippen LogP contribution in [0, 0.1) is 5.92 Å². The SMILES string of the molecule is CCC(CC)C(=O)NCCCCC(N)=S. The summed E-state index contributed by atoms with van der Waals surface area (Å²) in [6.45, 7) is 4.82. The van der Waals surface area contributed by atoms with Crippen LogP contribution in [0.4, 0.5) is 0 Å². The number of hydrogen-bond donors (Lipinski definition) is 2. The Morgan fingerprint density at radius 1 is 1.33 bits per heavy atom. The first-order valence-electron chi connectivity index (χ1n) is 5.67. The van der Waals surface area contributed by atoms with Crippen molar-refractivity contribution in [2.45, 2.75) is 46.0 Å². The summed E-state index contributed by atoms with van der Waals surface area (Å²) in [7, 11) is 0. The summed E-state index contributed by atoms with van der Waals surface area (Å²) < 4.78 is 0. The van der Waals surface area contributed by atoms with Gasteiger partial charge in [-0.2, -0.15) is 0 Å². The van der Waals surface area contributed by atoms with Crippen molar-refractivity contribution in [1.82, 2.24) is 5.32 Å².